The third-order valence-corrected chi connectivity index (χ3v) is 12.6. The summed E-state index contributed by atoms with van der Waals surface area (Å²) in [4.78, 5) is 80.7. The van der Waals surface area contributed by atoms with Crippen molar-refractivity contribution < 1.29 is 28.8 Å². The van der Waals surface area contributed by atoms with Crippen molar-refractivity contribution in [1.82, 2.24) is 15.5 Å². The molecule has 1 aliphatic heterocycles. The van der Waals surface area contributed by atoms with Crippen LogP contribution in [0.1, 0.15) is 118 Å². The average molecular weight is 613 g/mol. The van der Waals surface area contributed by atoms with Gasteiger partial charge in [0.15, 0.2) is 11.6 Å². The quantitative estimate of drug-likeness (QED) is 0.319. The van der Waals surface area contributed by atoms with E-state index in [2.05, 4.69) is 24.5 Å². The second kappa shape index (κ2) is 11.5. The number of amides is 4. The van der Waals surface area contributed by atoms with Crippen LogP contribution in [0.4, 0.5) is 4.79 Å². The highest BCUT2D eigenvalue weighted by Crippen LogP contribution is 2.88. The van der Waals surface area contributed by atoms with Gasteiger partial charge in [0.25, 0.3) is 5.91 Å². The van der Waals surface area contributed by atoms with Gasteiger partial charge in [-0.1, -0.05) is 66.7 Å². The molecular formula is C34H52N4O6. The third kappa shape index (κ3) is 5.38. The maximum atomic E-state index is 14.5. The van der Waals surface area contributed by atoms with Crippen molar-refractivity contribution in [2.75, 3.05) is 6.54 Å². The smallest absolute Gasteiger partial charge is 0.316 e. The highest BCUT2D eigenvalue weighted by atomic mass is 16.2. The molecular weight excluding hydrogens is 560 g/mol. The molecule has 244 valence electrons. The van der Waals surface area contributed by atoms with E-state index in [0.717, 1.165) is 51.4 Å². The van der Waals surface area contributed by atoms with Crippen molar-refractivity contribution in [3.63, 3.8) is 0 Å². The van der Waals surface area contributed by atoms with E-state index in [1.165, 1.54) is 0 Å². The molecule has 0 bridgehead atoms. The third-order valence-electron chi connectivity index (χ3n) is 12.6. The first-order valence-electron chi connectivity index (χ1n) is 16.8. The molecule has 2 spiro atoms. The van der Waals surface area contributed by atoms with Crippen LogP contribution in [0.5, 0.6) is 0 Å². The largest absolute Gasteiger partial charge is 0.363 e. The molecule has 10 heteroatoms. The topological polar surface area (TPSA) is 156 Å². The number of hydrogen-bond donors (Lipinski definition) is 3. The van der Waals surface area contributed by atoms with E-state index < -0.39 is 47.2 Å². The minimum atomic E-state index is -1.02. The number of ketones is 3. The number of nitrogens with one attached hydrogen (secondary N) is 2. The SMILES string of the molecule is CC(C)(C)[C@H](NC(=O)NC1CCCCC1=O)C(=O)N1C[C@]2(C[C@H]1C(=O)CC(CC1CCC1)C(=O)C(N)=O)C(C)(C)C21CCC1. The Morgan fingerprint density at radius 3 is 2.16 bits per heavy atom. The van der Waals surface area contributed by atoms with Crippen LogP contribution in [0.2, 0.25) is 0 Å². The summed E-state index contributed by atoms with van der Waals surface area (Å²) < 4.78 is 0. The van der Waals surface area contributed by atoms with E-state index in [1.54, 1.807) is 4.90 Å². The van der Waals surface area contributed by atoms with Gasteiger partial charge in [-0.25, -0.2) is 4.79 Å². The predicted molar refractivity (Wildman–Crippen MR) is 164 cm³/mol. The Morgan fingerprint density at radius 1 is 0.977 bits per heavy atom. The lowest BCUT2D eigenvalue weighted by Crippen LogP contribution is -2.59. The van der Waals surface area contributed by atoms with Crippen molar-refractivity contribution in [3.8, 4) is 0 Å². The summed E-state index contributed by atoms with van der Waals surface area (Å²) in [7, 11) is 0. The summed E-state index contributed by atoms with van der Waals surface area (Å²) in [6, 6.07) is -2.82. The number of carbonyl (C=O) groups is 6. The van der Waals surface area contributed by atoms with Crippen LogP contribution in [0.15, 0.2) is 0 Å². The zero-order valence-corrected chi connectivity index (χ0v) is 27.3. The van der Waals surface area contributed by atoms with Crippen LogP contribution in [-0.4, -0.2) is 64.8 Å². The maximum absolute atomic E-state index is 14.5. The number of fused-ring (bicyclic) bond motifs is 1. The predicted octanol–water partition coefficient (Wildman–Crippen LogP) is 3.83. The van der Waals surface area contributed by atoms with Crippen LogP contribution in [0, 0.1) is 33.5 Å². The second-order valence-corrected chi connectivity index (χ2v) is 16.1. The number of hydrogen-bond acceptors (Lipinski definition) is 6. The summed E-state index contributed by atoms with van der Waals surface area (Å²) in [6.45, 7) is 10.5. The Kier molecular flexibility index (Phi) is 8.55. The standard InChI is InChI=1S/C34H52N4O6/c1-31(2,3)27(37-30(44)36-22-12-6-7-13-24(22)39)29(43)38-19-34(32(4,5)33(34)14-9-15-33)18-23(38)25(40)17-21(26(41)28(35)42)16-20-10-8-11-20/h20-23,27H,6-19H2,1-5H3,(H2,35,42)(H2,36,37,44)/t21?,22?,23-,27+,34+/m0/s1. The van der Waals surface area contributed by atoms with E-state index in [4.69, 9.17) is 5.73 Å². The summed E-state index contributed by atoms with van der Waals surface area (Å²) in [5.41, 5.74) is 4.53. The molecule has 4 aliphatic carbocycles. The monoisotopic (exact) mass is 612 g/mol. The molecule has 5 aliphatic rings. The van der Waals surface area contributed by atoms with Gasteiger partial charge in [-0.2, -0.15) is 0 Å². The van der Waals surface area contributed by atoms with Crippen molar-refractivity contribution in [1.29, 1.82) is 0 Å². The van der Waals surface area contributed by atoms with Gasteiger partial charge in [-0.3, -0.25) is 24.0 Å². The number of rotatable bonds is 10. The summed E-state index contributed by atoms with van der Waals surface area (Å²) in [6.07, 6.45) is 9.81. The molecule has 4 N–H and O–H groups in total. The fraction of sp³-hybridized carbons (Fsp3) is 0.824. The molecule has 1 heterocycles. The molecule has 5 fully saturated rings. The Hall–Kier alpha value is -2.78. The molecule has 2 unspecified atom stereocenters. The molecule has 0 radical (unpaired) electrons. The highest BCUT2D eigenvalue weighted by Gasteiger charge is 2.85. The highest BCUT2D eigenvalue weighted by molar-refractivity contribution is 6.36. The van der Waals surface area contributed by atoms with E-state index in [9.17, 15) is 28.8 Å². The second-order valence-electron chi connectivity index (χ2n) is 16.1. The fourth-order valence-electron chi connectivity index (χ4n) is 9.39. The van der Waals surface area contributed by atoms with Crippen molar-refractivity contribution in [2.24, 2.45) is 39.2 Å². The Morgan fingerprint density at radius 2 is 1.66 bits per heavy atom. The van der Waals surface area contributed by atoms with Gasteiger partial charge in [0.05, 0.1) is 12.1 Å². The first-order chi connectivity index (χ1) is 20.5. The lowest BCUT2D eigenvalue weighted by atomic mass is 9.73. The molecule has 44 heavy (non-hydrogen) atoms. The minimum absolute atomic E-state index is 0.000838. The molecule has 5 atom stereocenters. The van der Waals surface area contributed by atoms with Crippen molar-refractivity contribution in [3.05, 3.63) is 0 Å². The van der Waals surface area contributed by atoms with Crippen molar-refractivity contribution in [2.45, 2.75) is 136 Å². The Balaban J connectivity index is 1.40. The molecule has 0 aromatic heterocycles. The Bertz CT molecular complexity index is 1230. The van der Waals surface area contributed by atoms with Crippen LogP contribution < -0.4 is 16.4 Å². The summed E-state index contributed by atoms with van der Waals surface area (Å²) >= 11 is 0. The van der Waals surface area contributed by atoms with Gasteiger partial charge in [0, 0.05) is 30.7 Å². The van der Waals surface area contributed by atoms with Crippen LogP contribution >= 0.6 is 0 Å². The number of likely N-dealkylation sites (tertiary alicyclic amines) is 1. The number of primary amides is 1. The summed E-state index contributed by atoms with van der Waals surface area (Å²) in [5.74, 6) is -2.74. The van der Waals surface area contributed by atoms with Gasteiger partial charge >= 0.3 is 6.03 Å². The molecule has 4 amide bonds. The van der Waals surface area contributed by atoms with Crippen LogP contribution in [-0.2, 0) is 24.0 Å². The lowest BCUT2D eigenvalue weighted by Gasteiger charge is -2.36. The van der Waals surface area contributed by atoms with Gasteiger partial charge in [0.2, 0.25) is 11.7 Å². The molecule has 0 aromatic carbocycles. The van der Waals surface area contributed by atoms with Gasteiger partial charge < -0.3 is 21.3 Å². The van der Waals surface area contributed by atoms with Crippen LogP contribution in [0.3, 0.4) is 0 Å². The zero-order valence-electron chi connectivity index (χ0n) is 27.3. The lowest BCUT2D eigenvalue weighted by molar-refractivity contribution is -0.143. The molecule has 10 nitrogen and oxygen atoms in total. The maximum Gasteiger partial charge on any atom is 0.316 e. The first kappa shape index (κ1) is 32.6. The van der Waals surface area contributed by atoms with Crippen LogP contribution in [0.25, 0.3) is 0 Å². The van der Waals surface area contributed by atoms with Crippen molar-refractivity contribution >= 4 is 35.2 Å². The average Bonchev–Trinajstić information content (AvgIpc) is 3.12. The van der Waals surface area contributed by atoms with Gasteiger partial charge in [0.1, 0.15) is 6.04 Å². The number of nitrogens with two attached hydrogens (primary N) is 1. The van der Waals surface area contributed by atoms with E-state index in [-0.39, 0.29) is 40.1 Å². The Labute approximate surface area is 261 Å². The molecule has 0 aromatic rings. The first-order valence-corrected chi connectivity index (χ1v) is 16.8. The van der Waals surface area contributed by atoms with E-state index in [0.29, 0.717) is 38.1 Å². The van der Waals surface area contributed by atoms with E-state index in [1.807, 2.05) is 20.8 Å². The zero-order chi connectivity index (χ0) is 32.2. The number of urea groups is 1. The fourth-order valence-corrected chi connectivity index (χ4v) is 9.39. The number of nitrogens with zero attached hydrogens (tertiary/aromatic N) is 1. The molecule has 4 saturated carbocycles. The minimum Gasteiger partial charge on any atom is -0.363 e. The normalized spacial score (nSPS) is 30.2. The summed E-state index contributed by atoms with van der Waals surface area (Å²) in [5, 5.41) is 5.66. The number of Topliss-reactive ketones (excluding diaryl/α,β-unsaturated/α-hetero) is 3. The molecule has 5 rings (SSSR count). The number of carbonyl (C=O) groups excluding carboxylic acids is 6. The molecule has 1 saturated heterocycles. The van der Waals surface area contributed by atoms with Gasteiger partial charge in [-0.15, -0.1) is 0 Å². The van der Waals surface area contributed by atoms with E-state index >= 15 is 0 Å². The van der Waals surface area contributed by atoms with Gasteiger partial charge in [-0.05, 0) is 60.7 Å².